The predicted molar refractivity (Wildman–Crippen MR) is 99.9 cm³/mol. The fraction of sp³-hybridized carbons (Fsp3) is 0.0952. The van der Waals surface area contributed by atoms with Crippen molar-refractivity contribution in [3.8, 4) is 0 Å². The van der Waals surface area contributed by atoms with Gasteiger partial charge in [0.15, 0.2) is 9.84 Å². The molecular weight excluding hydrogens is 348 g/mol. The van der Waals surface area contributed by atoms with Crippen LogP contribution < -0.4 is 0 Å². The summed E-state index contributed by atoms with van der Waals surface area (Å²) < 4.78 is 26.6. The molecule has 0 aliphatic rings. The zero-order valence-electron chi connectivity index (χ0n) is 13.9. The zero-order chi connectivity index (χ0) is 18.6. The molecule has 5 heteroatoms. The van der Waals surface area contributed by atoms with Crippen LogP contribution in [0.4, 0.5) is 0 Å². The van der Waals surface area contributed by atoms with E-state index < -0.39 is 21.1 Å². The van der Waals surface area contributed by atoms with Crippen molar-refractivity contribution in [3.63, 3.8) is 0 Å². The number of carboxylic acids is 1. The van der Waals surface area contributed by atoms with Gasteiger partial charge in [-0.25, -0.2) is 13.2 Å². The van der Waals surface area contributed by atoms with E-state index in [4.69, 9.17) is 0 Å². The van der Waals surface area contributed by atoms with Crippen LogP contribution in [0, 0.1) is 0 Å². The minimum Gasteiger partial charge on any atom is -0.478 e. The monoisotopic (exact) mass is 366 g/mol. The first kappa shape index (κ1) is 17.9. The minimum atomic E-state index is -3.77. The summed E-state index contributed by atoms with van der Waals surface area (Å²) in [6.07, 6.45) is 0.197. The Hall–Kier alpha value is -2.92. The highest BCUT2D eigenvalue weighted by atomic mass is 32.2. The number of benzene rings is 3. The molecule has 0 bridgehead atoms. The van der Waals surface area contributed by atoms with Crippen molar-refractivity contribution in [2.24, 2.45) is 0 Å². The molecule has 0 saturated heterocycles. The first-order valence-electron chi connectivity index (χ1n) is 8.15. The number of rotatable bonds is 6. The average molecular weight is 366 g/mol. The molecule has 3 rings (SSSR count). The van der Waals surface area contributed by atoms with Gasteiger partial charge in [-0.3, -0.25) is 0 Å². The van der Waals surface area contributed by atoms with Gasteiger partial charge in [0.1, 0.15) is 0 Å². The van der Waals surface area contributed by atoms with Crippen LogP contribution in [0.5, 0.6) is 0 Å². The van der Waals surface area contributed by atoms with Crippen LogP contribution in [0.1, 0.15) is 26.7 Å². The van der Waals surface area contributed by atoms with Crippen molar-refractivity contribution in [2.75, 3.05) is 0 Å². The Kier molecular flexibility index (Phi) is 5.19. The second kappa shape index (κ2) is 7.54. The van der Waals surface area contributed by atoms with Gasteiger partial charge in [-0.1, -0.05) is 66.7 Å². The molecular formula is C21H18O4S. The van der Waals surface area contributed by atoms with E-state index in [-0.39, 0.29) is 16.9 Å². The van der Waals surface area contributed by atoms with Crippen molar-refractivity contribution in [2.45, 2.75) is 16.6 Å². The Morgan fingerprint density at radius 3 is 1.96 bits per heavy atom. The van der Waals surface area contributed by atoms with Gasteiger partial charge in [-0.15, -0.1) is 0 Å². The first-order chi connectivity index (χ1) is 12.5. The molecule has 26 heavy (non-hydrogen) atoms. The molecule has 132 valence electrons. The smallest absolute Gasteiger partial charge is 0.336 e. The summed E-state index contributed by atoms with van der Waals surface area (Å²) in [6.45, 7) is 0. The van der Waals surface area contributed by atoms with Crippen molar-refractivity contribution >= 4 is 15.8 Å². The molecule has 0 amide bonds. The van der Waals surface area contributed by atoms with E-state index in [0.717, 1.165) is 5.56 Å². The SMILES string of the molecule is O=C(O)c1ccccc1C(Cc1ccccc1)S(=O)(=O)c1ccccc1. The van der Waals surface area contributed by atoms with Gasteiger partial charge < -0.3 is 5.11 Å². The molecule has 0 fully saturated rings. The van der Waals surface area contributed by atoms with E-state index in [1.807, 2.05) is 30.3 Å². The largest absolute Gasteiger partial charge is 0.478 e. The number of aromatic carboxylic acids is 1. The number of carbonyl (C=O) groups is 1. The molecule has 3 aromatic carbocycles. The van der Waals surface area contributed by atoms with E-state index in [1.54, 1.807) is 36.4 Å². The van der Waals surface area contributed by atoms with Crippen molar-refractivity contribution < 1.29 is 18.3 Å². The maximum absolute atomic E-state index is 13.3. The van der Waals surface area contributed by atoms with Crippen molar-refractivity contribution in [3.05, 3.63) is 102 Å². The molecule has 1 N–H and O–H groups in total. The lowest BCUT2D eigenvalue weighted by molar-refractivity contribution is 0.0695. The highest BCUT2D eigenvalue weighted by Gasteiger charge is 2.32. The number of sulfone groups is 1. The lowest BCUT2D eigenvalue weighted by Gasteiger charge is -2.20. The van der Waals surface area contributed by atoms with Crippen LogP contribution in [-0.4, -0.2) is 19.5 Å². The molecule has 0 radical (unpaired) electrons. The number of carboxylic acid groups (broad SMARTS) is 1. The normalized spacial score (nSPS) is 12.5. The van der Waals surface area contributed by atoms with Gasteiger partial charge in [0, 0.05) is 0 Å². The fourth-order valence-corrected chi connectivity index (χ4v) is 4.78. The summed E-state index contributed by atoms with van der Waals surface area (Å²) >= 11 is 0. The van der Waals surface area contributed by atoms with Gasteiger partial charge in [0.25, 0.3) is 0 Å². The third-order valence-corrected chi connectivity index (χ3v) is 6.35. The Morgan fingerprint density at radius 1 is 0.808 bits per heavy atom. The van der Waals surface area contributed by atoms with E-state index in [0.29, 0.717) is 5.56 Å². The lowest BCUT2D eigenvalue weighted by Crippen LogP contribution is -2.19. The van der Waals surface area contributed by atoms with E-state index in [1.165, 1.54) is 18.2 Å². The second-order valence-electron chi connectivity index (χ2n) is 5.93. The third-order valence-electron chi connectivity index (χ3n) is 4.25. The summed E-state index contributed by atoms with van der Waals surface area (Å²) in [5.41, 5.74) is 1.14. The van der Waals surface area contributed by atoms with Crippen LogP contribution in [0.25, 0.3) is 0 Å². The molecule has 0 aliphatic carbocycles. The molecule has 0 spiro atoms. The molecule has 4 nitrogen and oxygen atoms in total. The average Bonchev–Trinajstić information content (AvgIpc) is 2.67. The number of hydrogen-bond donors (Lipinski definition) is 1. The highest BCUT2D eigenvalue weighted by molar-refractivity contribution is 7.91. The Balaban J connectivity index is 2.16. The lowest BCUT2D eigenvalue weighted by atomic mass is 9.99. The highest BCUT2D eigenvalue weighted by Crippen LogP contribution is 2.34. The van der Waals surface area contributed by atoms with Crippen LogP contribution in [0.15, 0.2) is 89.8 Å². The predicted octanol–water partition coefficient (Wildman–Crippen LogP) is 4.14. The van der Waals surface area contributed by atoms with Crippen LogP contribution in [-0.2, 0) is 16.3 Å². The summed E-state index contributed by atoms with van der Waals surface area (Å²) in [5.74, 6) is -1.14. The summed E-state index contributed by atoms with van der Waals surface area (Å²) in [7, 11) is -3.77. The van der Waals surface area contributed by atoms with Crippen LogP contribution >= 0.6 is 0 Å². The summed E-state index contributed by atoms with van der Waals surface area (Å²) in [6, 6.07) is 23.7. The molecule has 0 aromatic heterocycles. The van der Waals surface area contributed by atoms with Crippen LogP contribution in [0.3, 0.4) is 0 Å². The fourth-order valence-electron chi connectivity index (χ4n) is 2.96. The molecule has 3 aromatic rings. The maximum atomic E-state index is 13.3. The molecule has 0 saturated carbocycles. The van der Waals surface area contributed by atoms with Gasteiger partial charge in [0.05, 0.1) is 15.7 Å². The second-order valence-corrected chi connectivity index (χ2v) is 8.06. The molecule has 1 unspecified atom stereocenters. The quantitative estimate of drug-likeness (QED) is 0.712. The molecule has 0 aliphatic heterocycles. The van der Waals surface area contributed by atoms with E-state index in [2.05, 4.69) is 0 Å². The van der Waals surface area contributed by atoms with Gasteiger partial charge >= 0.3 is 5.97 Å². The maximum Gasteiger partial charge on any atom is 0.336 e. The Morgan fingerprint density at radius 2 is 1.35 bits per heavy atom. The van der Waals surface area contributed by atoms with Gasteiger partial charge in [-0.05, 0) is 35.7 Å². The molecule has 0 heterocycles. The standard InChI is InChI=1S/C21H18O4S/c22-21(23)19-14-8-7-13-18(19)20(15-16-9-3-1-4-10-16)26(24,25)17-11-5-2-6-12-17/h1-14,20H,15H2,(H,22,23). The summed E-state index contributed by atoms with van der Waals surface area (Å²) in [4.78, 5) is 11.8. The van der Waals surface area contributed by atoms with Gasteiger partial charge in [0.2, 0.25) is 0 Å². The first-order valence-corrected chi connectivity index (χ1v) is 9.70. The topological polar surface area (TPSA) is 71.4 Å². The van der Waals surface area contributed by atoms with E-state index >= 15 is 0 Å². The summed E-state index contributed by atoms with van der Waals surface area (Å²) in [5, 5.41) is 8.54. The number of hydrogen-bond acceptors (Lipinski definition) is 3. The minimum absolute atomic E-state index is 0.00735. The Labute approximate surface area is 152 Å². The van der Waals surface area contributed by atoms with Crippen LogP contribution in [0.2, 0.25) is 0 Å². The van der Waals surface area contributed by atoms with Crippen molar-refractivity contribution in [1.82, 2.24) is 0 Å². The van der Waals surface area contributed by atoms with E-state index in [9.17, 15) is 18.3 Å². The zero-order valence-corrected chi connectivity index (χ0v) is 14.8. The van der Waals surface area contributed by atoms with Crippen molar-refractivity contribution in [1.29, 1.82) is 0 Å². The van der Waals surface area contributed by atoms with Gasteiger partial charge in [-0.2, -0.15) is 0 Å². The third kappa shape index (κ3) is 3.68. The molecule has 1 atom stereocenters. The Bertz CT molecular complexity index is 996.